The number of aryl methyl sites for hydroxylation is 1. The zero-order chi connectivity index (χ0) is 9.68. The zero-order valence-electron chi connectivity index (χ0n) is 7.79. The van der Waals surface area contributed by atoms with Gasteiger partial charge in [0, 0.05) is 6.42 Å². The van der Waals surface area contributed by atoms with Crippen LogP contribution in [0.15, 0.2) is 18.2 Å². The molecule has 0 heterocycles. The van der Waals surface area contributed by atoms with Gasteiger partial charge in [-0.25, -0.2) is 5.90 Å². The molecule has 0 aliphatic heterocycles. The van der Waals surface area contributed by atoms with Crippen LogP contribution in [0.5, 0.6) is 5.75 Å². The molecule has 0 spiro atoms. The molecule has 13 heavy (non-hydrogen) atoms. The van der Waals surface area contributed by atoms with Gasteiger partial charge in [-0.1, -0.05) is 25.1 Å². The Hall–Kier alpha value is -1.06. The fourth-order valence-corrected chi connectivity index (χ4v) is 1.30. The molecule has 1 aromatic rings. The maximum absolute atomic E-state index is 9.72. The Morgan fingerprint density at radius 1 is 1.38 bits per heavy atom. The van der Waals surface area contributed by atoms with Crippen molar-refractivity contribution in [2.24, 2.45) is 5.90 Å². The fourth-order valence-electron chi connectivity index (χ4n) is 1.30. The van der Waals surface area contributed by atoms with E-state index in [1.54, 1.807) is 0 Å². The summed E-state index contributed by atoms with van der Waals surface area (Å²) < 4.78 is 0. The number of hydrogen-bond donors (Lipinski definition) is 2. The topological polar surface area (TPSA) is 55.5 Å². The number of rotatable bonds is 4. The summed E-state index contributed by atoms with van der Waals surface area (Å²) in [7, 11) is 0. The minimum Gasteiger partial charge on any atom is -0.507 e. The molecular formula is C10H15NO2. The third kappa shape index (κ3) is 2.44. The van der Waals surface area contributed by atoms with Gasteiger partial charge in [0.15, 0.2) is 0 Å². The Balaban J connectivity index is 2.81. The smallest absolute Gasteiger partial charge is 0.122 e. The second-order valence-corrected chi connectivity index (χ2v) is 2.90. The van der Waals surface area contributed by atoms with Gasteiger partial charge in [-0.3, -0.25) is 0 Å². The van der Waals surface area contributed by atoms with Crippen LogP contribution in [0.4, 0.5) is 0 Å². The van der Waals surface area contributed by atoms with Crippen LogP contribution in [0, 0.1) is 0 Å². The quantitative estimate of drug-likeness (QED) is 0.690. The van der Waals surface area contributed by atoms with Crippen LogP contribution in [0.3, 0.4) is 0 Å². The lowest BCUT2D eigenvalue weighted by Gasteiger charge is -2.07. The van der Waals surface area contributed by atoms with E-state index in [4.69, 9.17) is 5.90 Å². The van der Waals surface area contributed by atoms with Crippen molar-refractivity contribution in [2.45, 2.75) is 19.8 Å². The van der Waals surface area contributed by atoms with Gasteiger partial charge in [0.05, 0.1) is 6.61 Å². The van der Waals surface area contributed by atoms with Crippen LogP contribution in [0.25, 0.3) is 0 Å². The second kappa shape index (κ2) is 4.84. The van der Waals surface area contributed by atoms with Crippen molar-refractivity contribution >= 4 is 0 Å². The van der Waals surface area contributed by atoms with Crippen LogP contribution in [0.2, 0.25) is 0 Å². The molecule has 0 bridgehead atoms. The van der Waals surface area contributed by atoms with Gasteiger partial charge in [-0.2, -0.15) is 0 Å². The van der Waals surface area contributed by atoms with Gasteiger partial charge in [0.25, 0.3) is 0 Å². The summed E-state index contributed by atoms with van der Waals surface area (Å²) in [6.45, 7) is 2.44. The summed E-state index contributed by atoms with van der Waals surface area (Å²) in [5.74, 6) is 5.29. The molecule has 0 amide bonds. The van der Waals surface area contributed by atoms with E-state index in [-0.39, 0.29) is 0 Å². The molecule has 3 nitrogen and oxygen atoms in total. The first-order chi connectivity index (χ1) is 6.29. The van der Waals surface area contributed by atoms with E-state index in [9.17, 15) is 5.11 Å². The lowest BCUT2D eigenvalue weighted by molar-refractivity contribution is 0.140. The van der Waals surface area contributed by atoms with Crippen molar-refractivity contribution in [1.29, 1.82) is 0 Å². The predicted octanol–water partition coefficient (Wildman–Crippen LogP) is 1.39. The van der Waals surface area contributed by atoms with Crippen LogP contribution < -0.4 is 5.90 Å². The van der Waals surface area contributed by atoms with E-state index >= 15 is 0 Å². The molecule has 0 aliphatic carbocycles. The monoisotopic (exact) mass is 181 g/mol. The molecule has 0 fully saturated rings. The Bertz CT molecular complexity index is 274. The van der Waals surface area contributed by atoms with Crippen molar-refractivity contribution in [1.82, 2.24) is 0 Å². The molecule has 0 radical (unpaired) electrons. The maximum atomic E-state index is 9.72. The maximum Gasteiger partial charge on any atom is 0.122 e. The van der Waals surface area contributed by atoms with E-state index in [1.807, 2.05) is 25.1 Å². The van der Waals surface area contributed by atoms with Crippen LogP contribution in [-0.2, 0) is 17.7 Å². The Morgan fingerprint density at radius 3 is 2.69 bits per heavy atom. The molecule has 0 saturated heterocycles. The van der Waals surface area contributed by atoms with Gasteiger partial charge >= 0.3 is 0 Å². The molecule has 1 aromatic carbocycles. The summed E-state index contributed by atoms with van der Waals surface area (Å²) in [5, 5.41) is 9.72. The number of benzene rings is 1. The second-order valence-electron chi connectivity index (χ2n) is 2.90. The predicted molar refractivity (Wildman–Crippen MR) is 51.3 cm³/mol. The molecule has 0 saturated carbocycles. The molecule has 0 aliphatic rings. The van der Waals surface area contributed by atoms with Crippen LogP contribution in [0.1, 0.15) is 18.1 Å². The third-order valence-corrected chi connectivity index (χ3v) is 2.07. The number of para-hydroxylation sites is 1. The standard InChI is InChI=1S/C10H15NO2/c1-2-8-4-3-5-9(10(8)12)6-7-13-11/h3-5,12H,2,6-7,11H2,1H3. The lowest BCUT2D eigenvalue weighted by Crippen LogP contribution is -2.04. The number of aromatic hydroxyl groups is 1. The molecule has 3 N–H and O–H groups in total. The average Bonchev–Trinajstić information content (AvgIpc) is 2.16. The largest absolute Gasteiger partial charge is 0.507 e. The number of nitrogens with two attached hydrogens (primary N) is 1. The van der Waals surface area contributed by atoms with Gasteiger partial charge in [0.2, 0.25) is 0 Å². The van der Waals surface area contributed by atoms with Crippen LogP contribution in [-0.4, -0.2) is 11.7 Å². The van der Waals surface area contributed by atoms with Crippen molar-refractivity contribution in [3.05, 3.63) is 29.3 Å². The molecule has 3 heteroatoms. The molecule has 0 aromatic heterocycles. The van der Waals surface area contributed by atoms with E-state index < -0.39 is 0 Å². The SMILES string of the molecule is CCc1cccc(CCON)c1O. The fraction of sp³-hybridized carbons (Fsp3) is 0.400. The lowest BCUT2D eigenvalue weighted by atomic mass is 10.0. The van der Waals surface area contributed by atoms with Gasteiger partial charge in [0.1, 0.15) is 5.75 Å². The first-order valence-corrected chi connectivity index (χ1v) is 4.41. The van der Waals surface area contributed by atoms with Gasteiger partial charge in [-0.05, 0) is 17.5 Å². The first kappa shape index (κ1) is 10.0. The van der Waals surface area contributed by atoms with Gasteiger partial charge in [-0.15, -0.1) is 0 Å². The van der Waals surface area contributed by atoms with Gasteiger partial charge < -0.3 is 9.94 Å². The highest BCUT2D eigenvalue weighted by atomic mass is 16.6. The Kier molecular flexibility index (Phi) is 3.73. The summed E-state index contributed by atoms with van der Waals surface area (Å²) in [4.78, 5) is 4.46. The van der Waals surface area contributed by atoms with Crippen LogP contribution >= 0.6 is 0 Å². The third-order valence-electron chi connectivity index (χ3n) is 2.07. The number of phenols is 1. The number of phenolic OH excluding ortho intramolecular Hbond substituents is 1. The highest BCUT2D eigenvalue weighted by Gasteiger charge is 2.04. The van der Waals surface area contributed by atoms with E-state index in [1.165, 1.54) is 0 Å². The minimum atomic E-state index is 0.377. The van der Waals surface area contributed by atoms with Crippen molar-refractivity contribution in [3.63, 3.8) is 0 Å². The molecule has 0 unspecified atom stereocenters. The van der Waals surface area contributed by atoms with E-state index in [2.05, 4.69) is 4.84 Å². The molecular weight excluding hydrogens is 166 g/mol. The summed E-state index contributed by atoms with van der Waals surface area (Å²) in [6.07, 6.45) is 1.49. The van der Waals surface area contributed by atoms with E-state index in [0.717, 1.165) is 17.5 Å². The molecule has 72 valence electrons. The Morgan fingerprint density at radius 2 is 2.08 bits per heavy atom. The molecule has 0 atom stereocenters. The Labute approximate surface area is 78.1 Å². The minimum absolute atomic E-state index is 0.377. The molecule has 1 rings (SSSR count). The highest BCUT2D eigenvalue weighted by Crippen LogP contribution is 2.22. The highest BCUT2D eigenvalue weighted by molar-refractivity contribution is 5.40. The first-order valence-electron chi connectivity index (χ1n) is 4.41. The average molecular weight is 181 g/mol. The summed E-state index contributed by atoms with van der Waals surface area (Å²) in [5.41, 5.74) is 1.86. The van der Waals surface area contributed by atoms with Crippen molar-refractivity contribution < 1.29 is 9.94 Å². The van der Waals surface area contributed by atoms with Crippen molar-refractivity contribution in [3.8, 4) is 5.75 Å². The zero-order valence-corrected chi connectivity index (χ0v) is 7.79. The summed E-state index contributed by atoms with van der Waals surface area (Å²) in [6, 6.07) is 5.74. The van der Waals surface area contributed by atoms with E-state index in [0.29, 0.717) is 18.8 Å². The summed E-state index contributed by atoms with van der Waals surface area (Å²) >= 11 is 0. The number of hydrogen-bond acceptors (Lipinski definition) is 3. The van der Waals surface area contributed by atoms with Crippen molar-refractivity contribution in [2.75, 3.05) is 6.61 Å². The normalized spacial score (nSPS) is 10.3.